The van der Waals surface area contributed by atoms with E-state index < -0.39 is 17.9 Å². The molecule has 0 saturated heterocycles. The fraction of sp³-hybridized carbons (Fsp3) is 0.333. The maximum atomic E-state index is 11.7. The van der Waals surface area contributed by atoms with Crippen LogP contribution in [0.4, 0.5) is 0 Å². The molecule has 0 heterocycles. The van der Waals surface area contributed by atoms with Gasteiger partial charge in [0.15, 0.2) is 0 Å². The summed E-state index contributed by atoms with van der Waals surface area (Å²) in [6.07, 6.45) is 2.76. The lowest BCUT2D eigenvalue weighted by Gasteiger charge is -2.11. The number of hydrogen-bond acceptors (Lipinski definition) is 4. The quantitative estimate of drug-likeness (QED) is 0.651. The standard InChI is InChI=1S/C15H19NO5/c1-10-3-5-13(21-2)11(9-10)4-6-14(18)16-12(7-8-17)15(19)20/h3-6,9,12,17H,7-8H2,1-2H3,(H,16,18)(H,19,20)/b6-4+. The highest BCUT2D eigenvalue weighted by Crippen LogP contribution is 2.20. The minimum absolute atomic E-state index is 0.0390. The largest absolute Gasteiger partial charge is 0.496 e. The molecule has 0 fully saturated rings. The Morgan fingerprint density at radius 2 is 2.14 bits per heavy atom. The molecular formula is C15H19NO5. The summed E-state index contributed by atoms with van der Waals surface area (Å²) in [6.45, 7) is 1.60. The molecule has 0 radical (unpaired) electrons. The molecule has 21 heavy (non-hydrogen) atoms. The summed E-state index contributed by atoms with van der Waals surface area (Å²) in [5.41, 5.74) is 1.74. The number of aryl methyl sites for hydroxylation is 1. The number of aliphatic hydroxyl groups is 1. The predicted molar refractivity (Wildman–Crippen MR) is 78.0 cm³/mol. The molecule has 1 amide bonds. The van der Waals surface area contributed by atoms with Gasteiger partial charge in [0.05, 0.1) is 7.11 Å². The van der Waals surface area contributed by atoms with Crippen molar-refractivity contribution >= 4 is 18.0 Å². The molecule has 0 aliphatic carbocycles. The van der Waals surface area contributed by atoms with Crippen molar-refractivity contribution in [3.05, 3.63) is 35.4 Å². The molecule has 6 heteroatoms. The number of carbonyl (C=O) groups excluding carboxylic acids is 1. The smallest absolute Gasteiger partial charge is 0.326 e. The average molecular weight is 293 g/mol. The number of methoxy groups -OCH3 is 1. The van der Waals surface area contributed by atoms with Gasteiger partial charge < -0.3 is 20.3 Å². The lowest BCUT2D eigenvalue weighted by atomic mass is 10.1. The zero-order valence-corrected chi connectivity index (χ0v) is 12.0. The Kier molecular flexibility index (Phi) is 6.42. The zero-order chi connectivity index (χ0) is 15.8. The monoisotopic (exact) mass is 293 g/mol. The topological polar surface area (TPSA) is 95.9 Å². The minimum Gasteiger partial charge on any atom is -0.496 e. The lowest BCUT2D eigenvalue weighted by Crippen LogP contribution is -2.40. The summed E-state index contributed by atoms with van der Waals surface area (Å²) in [7, 11) is 1.53. The summed E-state index contributed by atoms with van der Waals surface area (Å²) in [4.78, 5) is 22.6. The van der Waals surface area contributed by atoms with E-state index in [1.807, 2.05) is 19.1 Å². The molecular weight excluding hydrogens is 274 g/mol. The molecule has 0 aromatic heterocycles. The molecule has 6 nitrogen and oxygen atoms in total. The third kappa shape index (κ3) is 5.27. The van der Waals surface area contributed by atoms with Gasteiger partial charge >= 0.3 is 5.97 Å². The first-order valence-electron chi connectivity index (χ1n) is 6.44. The van der Waals surface area contributed by atoms with Gasteiger partial charge in [-0.1, -0.05) is 11.6 Å². The number of hydrogen-bond donors (Lipinski definition) is 3. The normalized spacial score (nSPS) is 12.1. The fourth-order valence-corrected chi connectivity index (χ4v) is 1.76. The molecule has 0 bridgehead atoms. The molecule has 0 aliphatic heterocycles. The molecule has 0 spiro atoms. The van der Waals surface area contributed by atoms with Crippen LogP contribution in [0.3, 0.4) is 0 Å². The Labute approximate surface area is 123 Å². The van der Waals surface area contributed by atoms with Crippen LogP contribution in [0.2, 0.25) is 0 Å². The van der Waals surface area contributed by atoms with Crippen LogP contribution >= 0.6 is 0 Å². The molecule has 0 aliphatic rings. The number of aliphatic carboxylic acids is 1. The third-order valence-electron chi connectivity index (χ3n) is 2.83. The fourth-order valence-electron chi connectivity index (χ4n) is 1.76. The van der Waals surface area contributed by atoms with E-state index >= 15 is 0 Å². The van der Waals surface area contributed by atoms with E-state index in [1.54, 1.807) is 12.1 Å². The van der Waals surface area contributed by atoms with Crippen molar-refractivity contribution in [2.75, 3.05) is 13.7 Å². The maximum absolute atomic E-state index is 11.7. The lowest BCUT2D eigenvalue weighted by molar-refractivity contribution is -0.141. The molecule has 1 aromatic rings. The Morgan fingerprint density at radius 3 is 2.71 bits per heavy atom. The summed E-state index contributed by atoms with van der Waals surface area (Å²) in [5.74, 6) is -1.10. The van der Waals surface area contributed by atoms with Crippen molar-refractivity contribution in [2.45, 2.75) is 19.4 Å². The van der Waals surface area contributed by atoms with E-state index in [4.69, 9.17) is 14.9 Å². The van der Waals surface area contributed by atoms with Crippen molar-refractivity contribution < 1.29 is 24.5 Å². The van der Waals surface area contributed by atoms with Crippen molar-refractivity contribution in [1.82, 2.24) is 5.32 Å². The number of rotatable bonds is 7. The van der Waals surface area contributed by atoms with Crippen LogP contribution in [0.15, 0.2) is 24.3 Å². The second kappa shape index (κ2) is 8.06. The third-order valence-corrected chi connectivity index (χ3v) is 2.83. The number of amides is 1. The van der Waals surface area contributed by atoms with Gasteiger partial charge in [0, 0.05) is 24.7 Å². The molecule has 1 rings (SSSR count). The molecule has 0 saturated carbocycles. The Balaban J connectivity index is 2.78. The number of aliphatic hydroxyl groups excluding tert-OH is 1. The number of benzene rings is 1. The average Bonchev–Trinajstić information content (AvgIpc) is 2.44. The number of nitrogens with one attached hydrogen (secondary N) is 1. The van der Waals surface area contributed by atoms with Gasteiger partial charge in [-0.05, 0) is 25.1 Å². The van der Waals surface area contributed by atoms with E-state index in [1.165, 1.54) is 13.2 Å². The van der Waals surface area contributed by atoms with Crippen molar-refractivity contribution in [1.29, 1.82) is 0 Å². The number of ether oxygens (including phenoxy) is 1. The van der Waals surface area contributed by atoms with Gasteiger partial charge in [-0.25, -0.2) is 4.79 Å². The molecule has 1 aromatic carbocycles. The van der Waals surface area contributed by atoms with Gasteiger partial charge in [-0.3, -0.25) is 4.79 Å². The summed E-state index contributed by atoms with van der Waals surface area (Å²) in [5, 5.41) is 20.0. The van der Waals surface area contributed by atoms with Crippen LogP contribution in [-0.4, -0.2) is 41.8 Å². The Morgan fingerprint density at radius 1 is 1.43 bits per heavy atom. The summed E-state index contributed by atoms with van der Waals surface area (Å²) >= 11 is 0. The number of carboxylic acid groups (broad SMARTS) is 1. The van der Waals surface area contributed by atoms with Gasteiger partial charge in [-0.15, -0.1) is 0 Å². The van der Waals surface area contributed by atoms with Gasteiger partial charge in [0.2, 0.25) is 5.91 Å². The Hall–Kier alpha value is -2.34. The van der Waals surface area contributed by atoms with Crippen LogP contribution in [0.1, 0.15) is 17.5 Å². The van der Waals surface area contributed by atoms with E-state index in [0.29, 0.717) is 5.75 Å². The molecule has 1 atom stereocenters. The van der Waals surface area contributed by atoms with Crippen molar-refractivity contribution in [2.24, 2.45) is 0 Å². The molecule has 3 N–H and O–H groups in total. The zero-order valence-electron chi connectivity index (χ0n) is 12.0. The van der Waals surface area contributed by atoms with Gasteiger partial charge in [-0.2, -0.15) is 0 Å². The van der Waals surface area contributed by atoms with E-state index in [9.17, 15) is 9.59 Å². The van der Waals surface area contributed by atoms with Crippen LogP contribution in [0.25, 0.3) is 6.08 Å². The number of carboxylic acids is 1. The van der Waals surface area contributed by atoms with E-state index in [2.05, 4.69) is 5.32 Å². The van der Waals surface area contributed by atoms with Crippen LogP contribution in [-0.2, 0) is 9.59 Å². The van der Waals surface area contributed by atoms with Gasteiger partial charge in [0.25, 0.3) is 0 Å². The van der Waals surface area contributed by atoms with Crippen LogP contribution in [0.5, 0.6) is 5.75 Å². The first kappa shape index (κ1) is 16.7. The van der Waals surface area contributed by atoms with Crippen molar-refractivity contribution in [3.63, 3.8) is 0 Å². The summed E-state index contributed by atoms with van der Waals surface area (Å²) < 4.78 is 5.18. The van der Waals surface area contributed by atoms with E-state index in [-0.39, 0.29) is 13.0 Å². The highest BCUT2D eigenvalue weighted by atomic mass is 16.5. The maximum Gasteiger partial charge on any atom is 0.326 e. The van der Waals surface area contributed by atoms with Crippen LogP contribution < -0.4 is 10.1 Å². The molecule has 114 valence electrons. The predicted octanol–water partition coefficient (Wildman–Crippen LogP) is 0.969. The minimum atomic E-state index is -1.18. The number of carbonyl (C=O) groups is 2. The second-order valence-corrected chi connectivity index (χ2v) is 4.49. The highest BCUT2D eigenvalue weighted by molar-refractivity contribution is 5.94. The second-order valence-electron chi connectivity index (χ2n) is 4.49. The van der Waals surface area contributed by atoms with E-state index in [0.717, 1.165) is 11.1 Å². The summed E-state index contributed by atoms with van der Waals surface area (Å²) in [6, 6.07) is 4.42. The van der Waals surface area contributed by atoms with Crippen molar-refractivity contribution in [3.8, 4) is 5.75 Å². The first-order valence-corrected chi connectivity index (χ1v) is 6.44. The SMILES string of the molecule is COc1ccc(C)cc1/C=C/C(=O)NC(CCO)C(=O)O. The molecule has 1 unspecified atom stereocenters. The first-order chi connectivity index (χ1) is 9.97. The van der Waals surface area contributed by atoms with Crippen LogP contribution in [0, 0.1) is 6.92 Å². The van der Waals surface area contributed by atoms with Gasteiger partial charge in [0.1, 0.15) is 11.8 Å². The Bertz CT molecular complexity index is 539. The highest BCUT2D eigenvalue weighted by Gasteiger charge is 2.17.